The zero-order chi connectivity index (χ0) is 13.6. The zero-order valence-electron chi connectivity index (χ0n) is 10.2. The summed E-state index contributed by atoms with van der Waals surface area (Å²) in [6.07, 6.45) is 3.51. The van der Waals surface area contributed by atoms with Crippen LogP contribution in [-0.2, 0) is 4.79 Å². The molecule has 0 spiro atoms. The van der Waals surface area contributed by atoms with Crippen LogP contribution < -0.4 is 5.32 Å². The number of hydrogen-bond acceptors (Lipinski definition) is 2. The van der Waals surface area contributed by atoms with Gasteiger partial charge in [0.15, 0.2) is 0 Å². The van der Waals surface area contributed by atoms with Crippen LogP contribution in [0.3, 0.4) is 0 Å². The second-order valence-corrected chi connectivity index (χ2v) is 5.68. The summed E-state index contributed by atoms with van der Waals surface area (Å²) in [5.74, 6) is 0.132. The van der Waals surface area contributed by atoms with Crippen LogP contribution in [0.5, 0.6) is 0 Å². The number of carboxylic acids is 1. The number of carbonyl (C=O) groups excluding carboxylic acids is 1. The molecule has 0 saturated heterocycles. The largest absolute Gasteiger partial charge is 0.478 e. The van der Waals surface area contributed by atoms with E-state index >= 15 is 0 Å². The van der Waals surface area contributed by atoms with Crippen molar-refractivity contribution in [2.75, 3.05) is 5.32 Å². The summed E-state index contributed by atoms with van der Waals surface area (Å²) in [7, 11) is 0. The molecule has 0 bridgehead atoms. The number of rotatable bonds is 3. The predicted molar refractivity (Wildman–Crippen MR) is 71.4 cm³/mol. The Morgan fingerprint density at radius 3 is 2.58 bits per heavy atom. The van der Waals surface area contributed by atoms with Crippen molar-refractivity contribution in [3.8, 4) is 0 Å². The van der Waals surface area contributed by atoms with E-state index in [4.69, 9.17) is 16.7 Å². The van der Waals surface area contributed by atoms with E-state index in [1.807, 2.05) is 0 Å². The minimum atomic E-state index is -1.09. The first kappa shape index (κ1) is 12.5. The van der Waals surface area contributed by atoms with Crippen LogP contribution in [0.25, 0.3) is 0 Å². The maximum atomic E-state index is 12.1. The van der Waals surface area contributed by atoms with Crippen LogP contribution in [0, 0.1) is 17.8 Å². The number of fused-ring (bicyclic) bond motifs is 1. The molecule has 0 radical (unpaired) electrons. The lowest BCUT2D eigenvalue weighted by Crippen LogP contribution is -2.17. The average molecular weight is 280 g/mol. The number of anilines is 1. The van der Waals surface area contributed by atoms with Crippen molar-refractivity contribution in [1.82, 2.24) is 0 Å². The van der Waals surface area contributed by atoms with Gasteiger partial charge in [-0.25, -0.2) is 4.79 Å². The van der Waals surface area contributed by atoms with Crippen molar-refractivity contribution in [1.29, 1.82) is 0 Å². The van der Waals surface area contributed by atoms with Crippen LogP contribution in [0.2, 0.25) is 5.02 Å². The third-order valence-corrected chi connectivity index (χ3v) is 4.50. The summed E-state index contributed by atoms with van der Waals surface area (Å²) < 4.78 is 0. The molecule has 100 valence electrons. The lowest BCUT2D eigenvalue weighted by atomic mass is 10.1. The summed E-state index contributed by atoms with van der Waals surface area (Å²) in [6, 6.07) is 4.53. The van der Waals surface area contributed by atoms with E-state index < -0.39 is 5.97 Å². The smallest absolute Gasteiger partial charge is 0.337 e. The minimum absolute atomic E-state index is 0.00774. The zero-order valence-corrected chi connectivity index (χ0v) is 11.0. The van der Waals surface area contributed by atoms with Crippen molar-refractivity contribution in [2.24, 2.45) is 17.8 Å². The fourth-order valence-corrected chi connectivity index (χ4v) is 3.40. The van der Waals surface area contributed by atoms with E-state index in [1.54, 1.807) is 6.07 Å². The molecule has 2 atom stereocenters. The normalized spacial score (nSPS) is 27.7. The Morgan fingerprint density at radius 2 is 1.95 bits per heavy atom. The highest BCUT2D eigenvalue weighted by Gasteiger charge is 2.56. The highest BCUT2D eigenvalue weighted by Crippen LogP contribution is 2.57. The van der Waals surface area contributed by atoms with Gasteiger partial charge in [0.25, 0.3) is 0 Å². The molecule has 1 aromatic carbocycles. The molecule has 2 fully saturated rings. The number of amides is 1. The maximum absolute atomic E-state index is 12.1. The van der Waals surface area contributed by atoms with E-state index in [1.165, 1.54) is 18.6 Å². The van der Waals surface area contributed by atoms with Crippen molar-refractivity contribution < 1.29 is 14.7 Å². The maximum Gasteiger partial charge on any atom is 0.337 e. The van der Waals surface area contributed by atoms with Crippen molar-refractivity contribution in [2.45, 2.75) is 19.3 Å². The second kappa shape index (κ2) is 4.53. The topological polar surface area (TPSA) is 66.4 Å². The van der Waals surface area contributed by atoms with Crippen LogP contribution >= 0.6 is 11.6 Å². The first-order valence-corrected chi connectivity index (χ1v) is 6.79. The molecule has 2 saturated carbocycles. The summed E-state index contributed by atoms with van der Waals surface area (Å²) in [4.78, 5) is 23.0. The quantitative estimate of drug-likeness (QED) is 0.894. The Balaban J connectivity index is 1.71. The second-order valence-electron chi connectivity index (χ2n) is 5.27. The molecule has 19 heavy (non-hydrogen) atoms. The molecule has 2 N–H and O–H groups in total. The molecular formula is C14H14ClNO3. The van der Waals surface area contributed by atoms with E-state index in [0.717, 1.165) is 12.8 Å². The Kier molecular flexibility index (Phi) is 2.97. The van der Waals surface area contributed by atoms with Crippen molar-refractivity contribution >= 4 is 29.2 Å². The van der Waals surface area contributed by atoms with E-state index in [2.05, 4.69) is 5.32 Å². The SMILES string of the molecule is O=C(O)c1cc(NC(=O)C2C3CCCC32)ccc1Cl. The number of carbonyl (C=O) groups is 2. The van der Waals surface area contributed by atoms with E-state index in [-0.39, 0.29) is 22.4 Å². The lowest BCUT2D eigenvalue weighted by molar-refractivity contribution is -0.118. The summed E-state index contributed by atoms with van der Waals surface area (Å²) >= 11 is 5.79. The average Bonchev–Trinajstić information content (AvgIpc) is 2.85. The predicted octanol–water partition coefficient (Wildman–Crippen LogP) is 3.02. The number of benzene rings is 1. The van der Waals surface area contributed by atoms with Gasteiger partial charge in [-0.1, -0.05) is 18.0 Å². The fourth-order valence-electron chi connectivity index (χ4n) is 3.20. The highest BCUT2D eigenvalue weighted by atomic mass is 35.5. The standard InChI is InChI=1S/C14H14ClNO3/c15-11-5-4-7(6-10(11)14(18)19)16-13(17)12-8-2-1-3-9(8)12/h4-6,8-9,12H,1-3H2,(H,16,17)(H,18,19). The fraction of sp³-hybridized carbons (Fsp3) is 0.429. The molecule has 2 aliphatic rings. The highest BCUT2D eigenvalue weighted by molar-refractivity contribution is 6.33. The summed E-state index contributed by atoms with van der Waals surface area (Å²) in [6.45, 7) is 0. The molecule has 1 aromatic rings. The van der Waals surface area contributed by atoms with Gasteiger partial charge in [-0.2, -0.15) is 0 Å². The Labute approximate surface area is 115 Å². The molecule has 0 heterocycles. The summed E-state index contributed by atoms with van der Waals surface area (Å²) in [5, 5.41) is 11.9. The van der Waals surface area contributed by atoms with Crippen LogP contribution in [-0.4, -0.2) is 17.0 Å². The van der Waals surface area contributed by atoms with Crippen LogP contribution in [0.4, 0.5) is 5.69 Å². The molecule has 4 nitrogen and oxygen atoms in total. The van der Waals surface area contributed by atoms with Gasteiger partial charge >= 0.3 is 5.97 Å². The van der Waals surface area contributed by atoms with Gasteiger partial charge in [0.05, 0.1) is 10.6 Å². The first-order valence-electron chi connectivity index (χ1n) is 6.41. The van der Waals surface area contributed by atoms with Gasteiger partial charge in [0.2, 0.25) is 5.91 Å². The van der Waals surface area contributed by atoms with Gasteiger partial charge in [-0.15, -0.1) is 0 Å². The van der Waals surface area contributed by atoms with Crippen molar-refractivity contribution in [3.05, 3.63) is 28.8 Å². The number of hydrogen-bond donors (Lipinski definition) is 2. The third kappa shape index (κ3) is 2.21. The lowest BCUT2D eigenvalue weighted by Gasteiger charge is -2.08. The molecular weight excluding hydrogens is 266 g/mol. The summed E-state index contributed by atoms with van der Waals surface area (Å²) in [5.41, 5.74) is 0.507. The minimum Gasteiger partial charge on any atom is -0.478 e. The molecule has 0 aliphatic heterocycles. The molecule has 3 rings (SSSR count). The van der Waals surface area contributed by atoms with Gasteiger partial charge < -0.3 is 10.4 Å². The molecule has 2 unspecified atom stereocenters. The monoisotopic (exact) mass is 279 g/mol. The Morgan fingerprint density at radius 1 is 1.26 bits per heavy atom. The number of carboxylic acid groups (broad SMARTS) is 1. The Bertz CT molecular complexity index is 548. The number of aromatic carboxylic acids is 1. The van der Waals surface area contributed by atoms with E-state index in [0.29, 0.717) is 17.5 Å². The molecule has 2 aliphatic carbocycles. The molecule has 1 amide bonds. The first-order chi connectivity index (χ1) is 9.08. The molecule has 5 heteroatoms. The third-order valence-electron chi connectivity index (χ3n) is 4.17. The number of halogens is 1. The van der Waals surface area contributed by atoms with Gasteiger partial charge in [0, 0.05) is 11.6 Å². The van der Waals surface area contributed by atoms with Gasteiger partial charge in [-0.3, -0.25) is 4.79 Å². The van der Waals surface area contributed by atoms with Crippen molar-refractivity contribution in [3.63, 3.8) is 0 Å². The van der Waals surface area contributed by atoms with Crippen LogP contribution in [0.1, 0.15) is 29.6 Å². The van der Waals surface area contributed by atoms with Gasteiger partial charge in [0.1, 0.15) is 0 Å². The van der Waals surface area contributed by atoms with E-state index in [9.17, 15) is 9.59 Å². The molecule has 0 aromatic heterocycles. The van der Waals surface area contributed by atoms with Gasteiger partial charge in [-0.05, 0) is 42.9 Å². The Hall–Kier alpha value is -1.55. The van der Waals surface area contributed by atoms with Crippen LogP contribution in [0.15, 0.2) is 18.2 Å². The number of nitrogens with one attached hydrogen (secondary N) is 1.